The van der Waals surface area contributed by atoms with E-state index in [-0.39, 0.29) is 48.8 Å². The standard InChI is InChI=1S/C38H46N8O6/c1-23(41-37(49)51-3)19-33(47)45-17-5-7-31(45)35-39-21-29(43-35)27-13-9-25(10-14-27)26-11-15-28(16-12-26)30-22-40-36(44-30)32-8-6-18-46(32)34(48)20-24(2)42-38(50)52-4/h9-16,21-24,31-32H,5-8,17-20H2,1-4H3,(H,39,43)(H,40,44)(H,41,49)(H,42,50)/t23-,24-,31-,32-/m0/s1. The van der Waals surface area contributed by atoms with E-state index >= 15 is 0 Å². The zero-order chi connectivity index (χ0) is 36.8. The Bertz CT molecular complexity index is 1730. The molecule has 4 atom stereocenters. The highest BCUT2D eigenvalue weighted by molar-refractivity contribution is 5.79. The molecule has 2 aliphatic heterocycles. The average molecular weight is 711 g/mol. The SMILES string of the molecule is COC(=O)N[C@@H](C)CC(=O)N1CCC[C@H]1c1ncc(-c2ccc(-c3ccc(-c4cnc([C@@H]5CCCN5C(=O)C[C@H](C)NC(=O)OC)[nH]4)cc3)cc2)[nH]1. The number of benzene rings is 2. The molecule has 0 aliphatic carbocycles. The summed E-state index contributed by atoms with van der Waals surface area (Å²) < 4.78 is 9.29. The van der Waals surface area contributed by atoms with Crippen molar-refractivity contribution in [2.24, 2.45) is 0 Å². The predicted molar refractivity (Wildman–Crippen MR) is 194 cm³/mol. The summed E-state index contributed by atoms with van der Waals surface area (Å²) in [5, 5.41) is 5.31. The fourth-order valence-electron chi connectivity index (χ4n) is 7.07. The average Bonchev–Trinajstić information content (AvgIpc) is 3.98. The monoisotopic (exact) mass is 710 g/mol. The van der Waals surface area contributed by atoms with E-state index in [9.17, 15) is 19.2 Å². The number of methoxy groups -OCH3 is 2. The van der Waals surface area contributed by atoms with Crippen LogP contribution in [-0.4, -0.2) is 93.1 Å². The van der Waals surface area contributed by atoms with Crippen LogP contribution < -0.4 is 10.6 Å². The smallest absolute Gasteiger partial charge is 0.407 e. The van der Waals surface area contributed by atoms with Crippen LogP contribution in [0.2, 0.25) is 0 Å². The number of H-pyrrole nitrogens is 2. The molecule has 4 heterocycles. The molecule has 2 aliphatic rings. The summed E-state index contributed by atoms with van der Waals surface area (Å²) in [6.07, 6.45) is 6.30. The van der Waals surface area contributed by atoms with Gasteiger partial charge in [-0.05, 0) is 61.8 Å². The van der Waals surface area contributed by atoms with Crippen molar-refractivity contribution < 1.29 is 28.7 Å². The molecule has 2 aromatic carbocycles. The summed E-state index contributed by atoms with van der Waals surface area (Å²) in [5.41, 5.74) is 5.87. The number of nitrogens with zero attached hydrogens (tertiary/aromatic N) is 4. The molecule has 2 fully saturated rings. The minimum absolute atomic E-state index is 0.0298. The van der Waals surface area contributed by atoms with Crippen molar-refractivity contribution in [2.75, 3.05) is 27.3 Å². The minimum Gasteiger partial charge on any atom is -0.453 e. The van der Waals surface area contributed by atoms with E-state index in [0.717, 1.165) is 71.0 Å². The fraction of sp³-hybridized carbons (Fsp3) is 0.421. The zero-order valence-corrected chi connectivity index (χ0v) is 30.0. The second-order valence-electron chi connectivity index (χ2n) is 13.5. The third kappa shape index (κ3) is 8.27. The Balaban J connectivity index is 1.06. The molecule has 52 heavy (non-hydrogen) atoms. The van der Waals surface area contributed by atoms with Gasteiger partial charge < -0.3 is 39.9 Å². The third-order valence-electron chi connectivity index (χ3n) is 9.75. The Morgan fingerprint density at radius 1 is 0.673 bits per heavy atom. The number of carbonyl (C=O) groups excluding carboxylic acids is 4. The lowest BCUT2D eigenvalue weighted by molar-refractivity contribution is -0.133. The third-order valence-corrected chi connectivity index (χ3v) is 9.75. The number of nitrogens with one attached hydrogen (secondary N) is 4. The molecule has 6 rings (SSSR count). The quantitative estimate of drug-likeness (QED) is 0.153. The van der Waals surface area contributed by atoms with Crippen LogP contribution >= 0.6 is 0 Å². The van der Waals surface area contributed by atoms with Crippen LogP contribution in [0.25, 0.3) is 33.6 Å². The molecule has 274 valence electrons. The lowest BCUT2D eigenvalue weighted by Gasteiger charge is -2.25. The molecule has 0 bridgehead atoms. The van der Waals surface area contributed by atoms with Crippen LogP contribution in [0.3, 0.4) is 0 Å². The first-order chi connectivity index (χ1) is 25.1. The van der Waals surface area contributed by atoms with E-state index in [1.807, 2.05) is 22.2 Å². The van der Waals surface area contributed by atoms with Crippen molar-refractivity contribution in [1.82, 2.24) is 40.4 Å². The van der Waals surface area contributed by atoms with Gasteiger partial charge in [-0.25, -0.2) is 19.6 Å². The van der Waals surface area contributed by atoms with Crippen molar-refractivity contribution in [2.45, 2.75) is 76.5 Å². The van der Waals surface area contributed by atoms with Crippen LogP contribution in [0.1, 0.15) is 76.1 Å². The summed E-state index contributed by atoms with van der Waals surface area (Å²) in [5.74, 6) is 1.45. The number of alkyl carbamates (subject to hydrolysis) is 2. The van der Waals surface area contributed by atoms with E-state index in [1.54, 1.807) is 13.8 Å². The normalized spacial score (nSPS) is 18.2. The van der Waals surface area contributed by atoms with E-state index in [2.05, 4.69) is 88.6 Å². The highest BCUT2D eigenvalue weighted by Crippen LogP contribution is 2.34. The van der Waals surface area contributed by atoms with Gasteiger partial charge >= 0.3 is 12.2 Å². The molecule has 14 nitrogen and oxygen atoms in total. The first-order valence-corrected chi connectivity index (χ1v) is 17.7. The van der Waals surface area contributed by atoms with Gasteiger partial charge in [-0.3, -0.25) is 9.59 Å². The Morgan fingerprint density at radius 2 is 1.04 bits per heavy atom. The molecule has 2 aromatic heterocycles. The van der Waals surface area contributed by atoms with Gasteiger partial charge in [0.25, 0.3) is 0 Å². The zero-order valence-electron chi connectivity index (χ0n) is 30.0. The Hall–Kier alpha value is -5.66. The van der Waals surface area contributed by atoms with E-state index in [0.29, 0.717) is 13.1 Å². The number of hydrogen-bond donors (Lipinski definition) is 4. The second kappa shape index (κ2) is 16.1. The van der Waals surface area contributed by atoms with Crippen molar-refractivity contribution in [1.29, 1.82) is 0 Å². The van der Waals surface area contributed by atoms with Gasteiger partial charge in [-0.15, -0.1) is 0 Å². The number of ether oxygens (including phenoxy) is 2. The lowest BCUT2D eigenvalue weighted by Crippen LogP contribution is -2.39. The predicted octanol–water partition coefficient (Wildman–Crippen LogP) is 5.73. The molecule has 4 aromatic rings. The molecular weight excluding hydrogens is 664 g/mol. The lowest BCUT2D eigenvalue weighted by atomic mass is 10.0. The minimum atomic E-state index is -0.553. The number of aromatic nitrogens is 4. The number of imidazole rings is 2. The first kappa shape index (κ1) is 36.1. The summed E-state index contributed by atoms with van der Waals surface area (Å²) in [6, 6.07) is 15.6. The van der Waals surface area contributed by atoms with Crippen molar-refractivity contribution in [3.8, 4) is 33.6 Å². The summed E-state index contributed by atoms with van der Waals surface area (Å²) >= 11 is 0. The Kier molecular flexibility index (Phi) is 11.2. The molecule has 0 radical (unpaired) electrons. The molecule has 0 unspecified atom stereocenters. The summed E-state index contributed by atoms with van der Waals surface area (Å²) in [4.78, 5) is 69.1. The number of amides is 4. The van der Waals surface area contributed by atoms with Gasteiger partial charge in [0.2, 0.25) is 11.8 Å². The highest BCUT2D eigenvalue weighted by atomic mass is 16.5. The fourth-order valence-corrected chi connectivity index (χ4v) is 7.07. The Labute approximate surface area is 302 Å². The van der Waals surface area contributed by atoms with Crippen molar-refractivity contribution >= 4 is 24.0 Å². The summed E-state index contributed by atoms with van der Waals surface area (Å²) in [7, 11) is 2.60. The molecule has 2 saturated heterocycles. The molecule has 0 spiro atoms. The Morgan fingerprint density at radius 3 is 1.40 bits per heavy atom. The summed E-state index contributed by atoms with van der Waals surface area (Å²) in [6.45, 7) is 4.87. The number of aromatic amines is 2. The maximum Gasteiger partial charge on any atom is 0.407 e. The second-order valence-corrected chi connectivity index (χ2v) is 13.5. The maximum absolute atomic E-state index is 13.1. The number of carbonyl (C=O) groups is 4. The molecule has 0 saturated carbocycles. The van der Waals surface area contributed by atoms with Gasteiger partial charge in [0.05, 0.1) is 50.1 Å². The molecule has 4 amide bonds. The topological polar surface area (TPSA) is 175 Å². The van der Waals surface area contributed by atoms with Gasteiger partial charge in [0, 0.05) is 38.0 Å². The molecular formula is C38H46N8O6. The maximum atomic E-state index is 13.1. The van der Waals surface area contributed by atoms with E-state index < -0.39 is 12.2 Å². The number of hydrogen-bond acceptors (Lipinski definition) is 8. The molecule has 4 N–H and O–H groups in total. The largest absolute Gasteiger partial charge is 0.453 e. The van der Waals surface area contributed by atoms with Crippen LogP contribution in [-0.2, 0) is 19.1 Å². The van der Waals surface area contributed by atoms with E-state index in [1.165, 1.54) is 14.2 Å². The van der Waals surface area contributed by atoms with Crippen molar-refractivity contribution in [3.05, 3.63) is 72.6 Å². The first-order valence-electron chi connectivity index (χ1n) is 17.7. The molecule has 14 heteroatoms. The number of likely N-dealkylation sites (tertiary alicyclic amines) is 2. The highest BCUT2D eigenvalue weighted by Gasteiger charge is 2.34. The van der Waals surface area contributed by atoms with Crippen molar-refractivity contribution in [3.63, 3.8) is 0 Å². The van der Waals surface area contributed by atoms with Crippen LogP contribution in [0.5, 0.6) is 0 Å². The van der Waals surface area contributed by atoms with E-state index in [4.69, 9.17) is 0 Å². The van der Waals surface area contributed by atoms with Gasteiger partial charge in [-0.1, -0.05) is 48.5 Å². The van der Waals surface area contributed by atoms with Gasteiger partial charge in [0.1, 0.15) is 11.6 Å². The van der Waals surface area contributed by atoms with Crippen LogP contribution in [0.4, 0.5) is 9.59 Å². The van der Waals surface area contributed by atoms with Crippen LogP contribution in [0, 0.1) is 0 Å². The van der Waals surface area contributed by atoms with Crippen LogP contribution in [0.15, 0.2) is 60.9 Å². The van der Waals surface area contributed by atoms with Gasteiger partial charge in [0.15, 0.2) is 0 Å². The number of rotatable bonds is 11. The van der Waals surface area contributed by atoms with Gasteiger partial charge in [-0.2, -0.15) is 0 Å².